The summed E-state index contributed by atoms with van der Waals surface area (Å²) in [4.78, 5) is 0. The lowest BCUT2D eigenvalue weighted by molar-refractivity contribution is 0.0115. The lowest BCUT2D eigenvalue weighted by atomic mass is 10.1. The lowest BCUT2D eigenvalue weighted by Gasteiger charge is -2.22. The second kappa shape index (κ2) is 7.38. The van der Waals surface area contributed by atoms with E-state index in [2.05, 4.69) is 34.7 Å². The van der Waals surface area contributed by atoms with Crippen LogP contribution in [0.15, 0.2) is 42.7 Å². The normalized spacial score (nSPS) is 18.8. The van der Waals surface area contributed by atoms with E-state index in [1.165, 1.54) is 24.8 Å². The van der Waals surface area contributed by atoms with Gasteiger partial charge < -0.3 is 10.1 Å². The molecule has 0 radical (unpaired) electrons. The molecule has 21 heavy (non-hydrogen) atoms. The molecule has 3 rings (SSSR count). The van der Waals surface area contributed by atoms with Gasteiger partial charge in [-0.15, -0.1) is 0 Å². The molecule has 1 saturated heterocycles. The molecule has 0 saturated carbocycles. The van der Waals surface area contributed by atoms with Gasteiger partial charge in [-0.05, 0) is 56.0 Å². The minimum absolute atomic E-state index is 0.466. The highest BCUT2D eigenvalue weighted by Gasteiger charge is 2.12. The average molecular weight is 285 g/mol. The third-order valence-corrected chi connectivity index (χ3v) is 3.95. The first-order chi connectivity index (χ1) is 10.4. The molecule has 1 aliphatic heterocycles. The molecule has 4 nitrogen and oxygen atoms in total. The Morgan fingerprint density at radius 3 is 2.86 bits per heavy atom. The Labute approximate surface area is 126 Å². The maximum absolute atomic E-state index is 5.74. The summed E-state index contributed by atoms with van der Waals surface area (Å²) in [6.45, 7) is 2.87. The second-order valence-corrected chi connectivity index (χ2v) is 5.57. The van der Waals surface area contributed by atoms with Crippen molar-refractivity contribution in [2.45, 2.75) is 38.3 Å². The Balaban J connectivity index is 1.41. The van der Waals surface area contributed by atoms with Gasteiger partial charge in [-0.2, -0.15) is 5.10 Å². The zero-order chi connectivity index (χ0) is 14.3. The summed E-state index contributed by atoms with van der Waals surface area (Å²) in [6.07, 6.45) is 9.10. The number of ether oxygens (including phenoxy) is 1. The summed E-state index contributed by atoms with van der Waals surface area (Å²) in [5, 5.41) is 7.73. The largest absolute Gasteiger partial charge is 0.378 e. The number of nitrogens with one attached hydrogen (secondary N) is 1. The Kier molecular flexibility index (Phi) is 5.03. The molecular weight excluding hydrogens is 262 g/mol. The molecule has 1 fully saturated rings. The molecule has 0 amide bonds. The Hall–Kier alpha value is -1.65. The predicted molar refractivity (Wildman–Crippen MR) is 83.5 cm³/mol. The molecular formula is C17H23N3O. The maximum atomic E-state index is 5.74. The van der Waals surface area contributed by atoms with Crippen molar-refractivity contribution in [1.82, 2.24) is 15.1 Å². The van der Waals surface area contributed by atoms with Gasteiger partial charge in [0, 0.05) is 25.5 Å². The molecule has 112 valence electrons. The van der Waals surface area contributed by atoms with Crippen LogP contribution >= 0.6 is 0 Å². The summed E-state index contributed by atoms with van der Waals surface area (Å²) < 4.78 is 7.61. The van der Waals surface area contributed by atoms with Gasteiger partial charge >= 0.3 is 0 Å². The summed E-state index contributed by atoms with van der Waals surface area (Å²) in [5.41, 5.74) is 2.40. The molecule has 4 heteroatoms. The molecule has 0 spiro atoms. The van der Waals surface area contributed by atoms with Gasteiger partial charge in [-0.25, -0.2) is 4.68 Å². The number of aromatic nitrogens is 2. The van der Waals surface area contributed by atoms with Crippen molar-refractivity contribution < 1.29 is 4.74 Å². The molecule has 1 unspecified atom stereocenters. The molecule has 1 aromatic carbocycles. The number of hydrogen-bond acceptors (Lipinski definition) is 3. The number of benzene rings is 1. The standard InChI is InChI=1S/C17H23N3O/c1-2-13-21-17(4-1)9-11-18-14-15-5-7-16(8-6-15)20-12-3-10-19-20/h3,5-8,10,12,17-18H,1-2,4,9,11,13-14H2. The van der Waals surface area contributed by atoms with Crippen LogP contribution in [0.1, 0.15) is 31.2 Å². The smallest absolute Gasteiger partial charge is 0.0645 e. The maximum Gasteiger partial charge on any atom is 0.0645 e. The van der Waals surface area contributed by atoms with Gasteiger partial charge in [0.25, 0.3) is 0 Å². The highest BCUT2D eigenvalue weighted by atomic mass is 16.5. The average Bonchev–Trinajstić information content (AvgIpc) is 3.08. The van der Waals surface area contributed by atoms with E-state index in [-0.39, 0.29) is 0 Å². The van der Waals surface area contributed by atoms with Gasteiger partial charge in [0.05, 0.1) is 11.8 Å². The third kappa shape index (κ3) is 4.16. The van der Waals surface area contributed by atoms with Gasteiger partial charge in [0.2, 0.25) is 0 Å². The van der Waals surface area contributed by atoms with Crippen LogP contribution in [0.25, 0.3) is 5.69 Å². The minimum Gasteiger partial charge on any atom is -0.378 e. The van der Waals surface area contributed by atoms with Crippen LogP contribution in [0.3, 0.4) is 0 Å². The zero-order valence-corrected chi connectivity index (χ0v) is 12.4. The monoisotopic (exact) mass is 285 g/mol. The van der Waals surface area contributed by atoms with Crippen LogP contribution in [0.2, 0.25) is 0 Å². The van der Waals surface area contributed by atoms with E-state index in [4.69, 9.17) is 4.74 Å². The van der Waals surface area contributed by atoms with Crippen molar-refractivity contribution >= 4 is 0 Å². The quantitative estimate of drug-likeness (QED) is 0.829. The summed E-state index contributed by atoms with van der Waals surface area (Å²) >= 11 is 0. The SMILES string of the molecule is c1cnn(-c2ccc(CNCCC3CCCCO3)cc2)c1. The summed E-state index contributed by atoms with van der Waals surface area (Å²) in [7, 11) is 0. The van der Waals surface area contributed by atoms with Crippen LogP contribution in [0.5, 0.6) is 0 Å². The molecule has 0 bridgehead atoms. The van der Waals surface area contributed by atoms with E-state index < -0.39 is 0 Å². The van der Waals surface area contributed by atoms with E-state index in [0.717, 1.165) is 31.8 Å². The van der Waals surface area contributed by atoms with Crippen molar-refractivity contribution in [3.63, 3.8) is 0 Å². The lowest BCUT2D eigenvalue weighted by Crippen LogP contribution is -2.25. The van der Waals surface area contributed by atoms with Crippen LogP contribution in [0, 0.1) is 0 Å². The van der Waals surface area contributed by atoms with Crippen LogP contribution in [-0.4, -0.2) is 29.0 Å². The van der Waals surface area contributed by atoms with Crippen LogP contribution in [-0.2, 0) is 11.3 Å². The Bertz CT molecular complexity index is 515. The molecule has 1 N–H and O–H groups in total. The fourth-order valence-electron chi connectivity index (χ4n) is 2.72. The fraction of sp³-hybridized carbons (Fsp3) is 0.471. The Morgan fingerprint density at radius 1 is 1.24 bits per heavy atom. The fourth-order valence-corrected chi connectivity index (χ4v) is 2.72. The minimum atomic E-state index is 0.466. The van der Waals surface area contributed by atoms with Crippen molar-refractivity contribution in [1.29, 1.82) is 0 Å². The van der Waals surface area contributed by atoms with Crippen molar-refractivity contribution in [2.75, 3.05) is 13.2 Å². The van der Waals surface area contributed by atoms with E-state index in [1.807, 2.05) is 16.9 Å². The van der Waals surface area contributed by atoms with Gasteiger partial charge in [0.15, 0.2) is 0 Å². The third-order valence-electron chi connectivity index (χ3n) is 3.95. The van der Waals surface area contributed by atoms with Crippen molar-refractivity contribution in [3.05, 3.63) is 48.3 Å². The van der Waals surface area contributed by atoms with E-state index in [9.17, 15) is 0 Å². The highest BCUT2D eigenvalue weighted by molar-refractivity contribution is 5.33. The second-order valence-electron chi connectivity index (χ2n) is 5.57. The van der Waals surface area contributed by atoms with E-state index >= 15 is 0 Å². The number of rotatable bonds is 6. The molecule has 1 aromatic heterocycles. The van der Waals surface area contributed by atoms with E-state index in [0.29, 0.717) is 6.10 Å². The number of hydrogen-bond donors (Lipinski definition) is 1. The van der Waals surface area contributed by atoms with Gasteiger partial charge in [0.1, 0.15) is 0 Å². The summed E-state index contributed by atoms with van der Waals surface area (Å²) in [5.74, 6) is 0. The first kappa shape index (κ1) is 14.3. The molecule has 1 aliphatic rings. The first-order valence-corrected chi connectivity index (χ1v) is 7.83. The molecule has 1 atom stereocenters. The highest BCUT2D eigenvalue weighted by Crippen LogP contribution is 2.15. The first-order valence-electron chi connectivity index (χ1n) is 7.83. The molecule has 2 heterocycles. The molecule has 2 aromatic rings. The predicted octanol–water partition coefficient (Wildman–Crippen LogP) is 2.92. The number of nitrogens with zero attached hydrogens (tertiary/aromatic N) is 2. The molecule has 0 aliphatic carbocycles. The van der Waals surface area contributed by atoms with Crippen LogP contribution < -0.4 is 5.32 Å². The van der Waals surface area contributed by atoms with Crippen LogP contribution in [0.4, 0.5) is 0 Å². The van der Waals surface area contributed by atoms with Gasteiger partial charge in [-0.1, -0.05) is 12.1 Å². The van der Waals surface area contributed by atoms with Crippen molar-refractivity contribution in [2.24, 2.45) is 0 Å². The topological polar surface area (TPSA) is 39.1 Å². The van der Waals surface area contributed by atoms with Crippen molar-refractivity contribution in [3.8, 4) is 5.69 Å². The van der Waals surface area contributed by atoms with E-state index in [1.54, 1.807) is 6.20 Å². The Morgan fingerprint density at radius 2 is 2.14 bits per heavy atom. The zero-order valence-electron chi connectivity index (χ0n) is 12.4. The van der Waals surface area contributed by atoms with Gasteiger partial charge in [-0.3, -0.25) is 0 Å². The summed E-state index contributed by atoms with van der Waals surface area (Å²) in [6, 6.07) is 10.5.